The summed E-state index contributed by atoms with van der Waals surface area (Å²) in [6, 6.07) is 5.46. The van der Waals surface area contributed by atoms with Crippen molar-refractivity contribution >= 4 is 45.9 Å². The molecule has 12 heteroatoms. The van der Waals surface area contributed by atoms with Crippen LogP contribution in [-0.4, -0.2) is 50.4 Å². The van der Waals surface area contributed by atoms with E-state index in [0.29, 0.717) is 28.8 Å². The van der Waals surface area contributed by atoms with Gasteiger partial charge in [0.15, 0.2) is 11.0 Å². The minimum atomic E-state index is -0.688. The lowest BCUT2D eigenvalue weighted by Gasteiger charge is -2.08. The average molecular weight is 473 g/mol. The lowest BCUT2D eigenvalue weighted by molar-refractivity contribution is -0.113. The van der Waals surface area contributed by atoms with E-state index < -0.39 is 17.8 Å². The first-order chi connectivity index (χ1) is 15.4. The van der Waals surface area contributed by atoms with Gasteiger partial charge in [0.1, 0.15) is 10.7 Å². The maximum Gasteiger partial charge on any atom is 0.341 e. The highest BCUT2D eigenvalue weighted by molar-refractivity contribution is 7.99. The molecule has 0 aliphatic carbocycles. The van der Waals surface area contributed by atoms with Crippen LogP contribution >= 0.6 is 23.1 Å². The Labute approximate surface area is 191 Å². The van der Waals surface area contributed by atoms with Crippen LogP contribution in [-0.2, 0) is 16.1 Å². The number of thiophene rings is 1. The van der Waals surface area contributed by atoms with Crippen molar-refractivity contribution in [2.24, 2.45) is 5.73 Å². The van der Waals surface area contributed by atoms with Crippen LogP contribution in [0.4, 0.5) is 5.00 Å². The number of amides is 2. The Bertz CT molecular complexity index is 1170. The number of methoxy groups -OCH3 is 1. The number of carbonyl (C=O) groups excluding carboxylic acids is 3. The molecule has 3 N–H and O–H groups in total. The van der Waals surface area contributed by atoms with Crippen molar-refractivity contribution in [1.82, 2.24) is 19.7 Å². The molecule has 2 amide bonds. The van der Waals surface area contributed by atoms with Gasteiger partial charge in [0.05, 0.1) is 23.3 Å². The molecule has 0 spiro atoms. The van der Waals surface area contributed by atoms with Crippen molar-refractivity contribution in [2.45, 2.75) is 18.6 Å². The number of carbonyl (C=O) groups is 3. The van der Waals surface area contributed by atoms with Crippen LogP contribution in [0.2, 0.25) is 0 Å². The molecule has 0 aliphatic rings. The summed E-state index contributed by atoms with van der Waals surface area (Å²) in [5, 5.41) is 11.7. The Morgan fingerprint density at radius 1 is 1.34 bits per heavy atom. The Morgan fingerprint density at radius 3 is 2.75 bits per heavy atom. The number of nitrogens with zero attached hydrogens (tertiary/aromatic N) is 4. The van der Waals surface area contributed by atoms with Crippen LogP contribution in [0.25, 0.3) is 11.5 Å². The lowest BCUT2D eigenvalue weighted by atomic mass is 10.1. The number of hydrogen-bond acceptors (Lipinski definition) is 9. The van der Waals surface area contributed by atoms with Crippen LogP contribution in [0.3, 0.4) is 0 Å². The van der Waals surface area contributed by atoms with Gasteiger partial charge in [0.25, 0.3) is 5.91 Å². The summed E-state index contributed by atoms with van der Waals surface area (Å²) in [6.07, 6.45) is 3.35. The molecule has 3 aromatic rings. The van der Waals surface area contributed by atoms with E-state index in [4.69, 9.17) is 10.5 Å². The number of rotatable bonds is 9. The molecule has 0 bridgehead atoms. The molecule has 0 aliphatic heterocycles. The molecule has 0 saturated carbocycles. The second-order valence-corrected chi connectivity index (χ2v) is 8.34. The average Bonchev–Trinajstić information content (AvgIpc) is 3.33. The van der Waals surface area contributed by atoms with Gasteiger partial charge in [0.2, 0.25) is 5.91 Å². The number of esters is 1. The first kappa shape index (κ1) is 23.2. The zero-order valence-corrected chi connectivity index (χ0v) is 19.0. The third kappa shape index (κ3) is 4.86. The third-order valence-electron chi connectivity index (χ3n) is 4.27. The zero-order chi connectivity index (χ0) is 23.3. The Hall–Kier alpha value is -3.51. The number of aromatic nitrogens is 4. The minimum absolute atomic E-state index is 0.0129. The number of hydrogen-bond donors (Lipinski definition) is 2. The van der Waals surface area contributed by atoms with Gasteiger partial charge in [-0.1, -0.05) is 23.9 Å². The van der Waals surface area contributed by atoms with E-state index >= 15 is 0 Å². The molecule has 10 nitrogen and oxygen atoms in total. The Kier molecular flexibility index (Phi) is 7.38. The summed E-state index contributed by atoms with van der Waals surface area (Å²) in [5.41, 5.74) is 6.49. The summed E-state index contributed by atoms with van der Waals surface area (Å²) in [5.74, 6) is -1.21. The maximum absolute atomic E-state index is 12.6. The Balaban J connectivity index is 1.78. The predicted molar refractivity (Wildman–Crippen MR) is 122 cm³/mol. The number of nitrogens with one attached hydrogen (secondary N) is 1. The van der Waals surface area contributed by atoms with Crippen LogP contribution in [0.5, 0.6) is 0 Å². The fraction of sp³-hybridized carbons (Fsp3) is 0.200. The van der Waals surface area contributed by atoms with Crippen molar-refractivity contribution in [3.8, 4) is 11.5 Å². The normalized spacial score (nSPS) is 10.6. The standard InChI is InChI=1S/C20H20N6O4S2/c1-4-9-26-17(12-7-5-6-8-22-12)24-25-20(26)31-10-13(27)23-18-14(19(29)30-3)11(2)15(32-18)16(21)28/h4-8H,1,9-10H2,2-3H3,(H2,21,28)(H,23,27). The smallest absolute Gasteiger partial charge is 0.341 e. The van der Waals surface area contributed by atoms with Crippen LogP contribution < -0.4 is 11.1 Å². The second-order valence-electron chi connectivity index (χ2n) is 6.37. The van der Waals surface area contributed by atoms with E-state index in [-0.39, 0.29) is 21.2 Å². The summed E-state index contributed by atoms with van der Waals surface area (Å²) in [7, 11) is 1.22. The highest BCUT2D eigenvalue weighted by atomic mass is 32.2. The molecule has 0 radical (unpaired) electrons. The van der Waals surface area contributed by atoms with E-state index in [9.17, 15) is 14.4 Å². The van der Waals surface area contributed by atoms with Gasteiger partial charge in [-0.3, -0.25) is 19.1 Å². The molecule has 3 rings (SSSR count). The SMILES string of the molecule is C=CCn1c(SCC(=O)Nc2sc(C(N)=O)c(C)c2C(=O)OC)nnc1-c1ccccn1. The van der Waals surface area contributed by atoms with Crippen molar-refractivity contribution in [2.75, 3.05) is 18.2 Å². The molecule has 0 atom stereocenters. The van der Waals surface area contributed by atoms with Crippen LogP contribution in [0.15, 0.2) is 42.2 Å². The molecule has 0 fully saturated rings. The van der Waals surface area contributed by atoms with Gasteiger partial charge in [-0.05, 0) is 24.6 Å². The number of primary amides is 1. The summed E-state index contributed by atoms with van der Waals surface area (Å²) < 4.78 is 6.57. The van der Waals surface area contributed by atoms with Gasteiger partial charge in [-0.2, -0.15) is 0 Å². The molecule has 32 heavy (non-hydrogen) atoms. The van der Waals surface area contributed by atoms with Crippen LogP contribution in [0, 0.1) is 6.92 Å². The summed E-state index contributed by atoms with van der Waals surface area (Å²) >= 11 is 2.10. The molecule has 166 valence electrons. The quantitative estimate of drug-likeness (QED) is 0.275. The van der Waals surface area contributed by atoms with Crippen molar-refractivity contribution < 1.29 is 19.1 Å². The first-order valence-electron chi connectivity index (χ1n) is 9.27. The van der Waals surface area contributed by atoms with E-state index in [1.54, 1.807) is 29.8 Å². The first-order valence-corrected chi connectivity index (χ1v) is 11.1. The highest BCUT2D eigenvalue weighted by Crippen LogP contribution is 2.33. The molecule has 3 aromatic heterocycles. The van der Waals surface area contributed by atoms with E-state index in [0.717, 1.165) is 11.3 Å². The number of thioether (sulfide) groups is 1. The van der Waals surface area contributed by atoms with Crippen molar-refractivity contribution in [1.29, 1.82) is 0 Å². The number of allylic oxidation sites excluding steroid dienone is 1. The molecule has 3 heterocycles. The van der Waals surface area contributed by atoms with Gasteiger partial charge < -0.3 is 15.8 Å². The van der Waals surface area contributed by atoms with Crippen LogP contribution in [0.1, 0.15) is 25.6 Å². The predicted octanol–water partition coefficient (Wildman–Crippen LogP) is 2.51. The largest absolute Gasteiger partial charge is 0.465 e. The summed E-state index contributed by atoms with van der Waals surface area (Å²) in [4.78, 5) is 40.9. The number of pyridine rings is 1. The van der Waals surface area contributed by atoms with Crippen molar-refractivity contribution in [3.63, 3.8) is 0 Å². The van der Waals surface area contributed by atoms with Crippen molar-refractivity contribution in [3.05, 3.63) is 53.1 Å². The van der Waals surface area contributed by atoms with Gasteiger partial charge in [0, 0.05) is 12.7 Å². The maximum atomic E-state index is 12.6. The third-order valence-corrected chi connectivity index (χ3v) is 6.46. The second kappa shape index (κ2) is 10.2. The highest BCUT2D eigenvalue weighted by Gasteiger charge is 2.25. The monoisotopic (exact) mass is 472 g/mol. The van der Waals surface area contributed by atoms with E-state index in [1.807, 2.05) is 12.1 Å². The van der Waals surface area contributed by atoms with Gasteiger partial charge in [-0.15, -0.1) is 28.1 Å². The number of nitrogens with two attached hydrogens (primary N) is 1. The number of anilines is 1. The number of ether oxygens (including phenoxy) is 1. The molecule has 0 aromatic carbocycles. The molecule has 0 unspecified atom stereocenters. The van der Waals surface area contributed by atoms with E-state index in [1.165, 1.54) is 18.9 Å². The molecular formula is C20H20N6O4S2. The lowest BCUT2D eigenvalue weighted by Crippen LogP contribution is -2.16. The fourth-order valence-corrected chi connectivity index (χ4v) is 4.66. The topological polar surface area (TPSA) is 142 Å². The molecular weight excluding hydrogens is 452 g/mol. The van der Waals surface area contributed by atoms with Gasteiger partial charge >= 0.3 is 5.97 Å². The van der Waals surface area contributed by atoms with Gasteiger partial charge in [-0.25, -0.2) is 4.79 Å². The fourth-order valence-electron chi connectivity index (χ4n) is 2.85. The zero-order valence-electron chi connectivity index (χ0n) is 17.3. The summed E-state index contributed by atoms with van der Waals surface area (Å²) in [6.45, 7) is 5.76. The van der Waals surface area contributed by atoms with E-state index in [2.05, 4.69) is 27.1 Å². The minimum Gasteiger partial charge on any atom is -0.465 e. The molecule has 0 saturated heterocycles. The Morgan fingerprint density at radius 2 is 2.12 bits per heavy atom.